The fourth-order valence-electron chi connectivity index (χ4n) is 3.03. The first-order chi connectivity index (χ1) is 10.1. The summed E-state index contributed by atoms with van der Waals surface area (Å²) in [6.45, 7) is 15.7. The van der Waals surface area contributed by atoms with Gasteiger partial charge in [-0.1, -0.05) is 65.8 Å². The largest absolute Gasteiger partial charge is 0.455 e. The molecule has 0 fully saturated rings. The van der Waals surface area contributed by atoms with Crippen LogP contribution in [0.5, 0.6) is 0 Å². The first-order valence-electron chi connectivity index (χ1n) is 8.06. The van der Waals surface area contributed by atoms with Crippen LogP contribution in [0, 0.1) is 6.92 Å². The molecule has 0 aliphatic heterocycles. The van der Waals surface area contributed by atoms with E-state index in [1.807, 2.05) is 0 Å². The number of hydrogen-bond donors (Lipinski definition) is 0. The summed E-state index contributed by atoms with van der Waals surface area (Å²) in [5.74, 6) is 0. The molecule has 3 rings (SSSR count). The van der Waals surface area contributed by atoms with Crippen LogP contribution >= 0.6 is 0 Å². The van der Waals surface area contributed by atoms with E-state index in [4.69, 9.17) is 4.42 Å². The van der Waals surface area contributed by atoms with Crippen molar-refractivity contribution in [2.24, 2.45) is 0 Å². The number of furan rings is 1. The van der Waals surface area contributed by atoms with Gasteiger partial charge in [0.25, 0.3) is 0 Å². The van der Waals surface area contributed by atoms with E-state index in [9.17, 15) is 0 Å². The van der Waals surface area contributed by atoms with Crippen molar-refractivity contribution < 1.29 is 4.42 Å². The minimum atomic E-state index is 0.0568. The zero-order valence-corrected chi connectivity index (χ0v) is 14.8. The molecule has 0 bridgehead atoms. The maximum absolute atomic E-state index is 6.31. The molecular weight excluding hydrogens is 268 g/mol. The molecule has 0 atom stereocenters. The van der Waals surface area contributed by atoms with Crippen molar-refractivity contribution in [3.63, 3.8) is 0 Å². The average molecular weight is 294 g/mol. The second-order valence-corrected chi connectivity index (χ2v) is 8.45. The van der Waals surface area contributed by atoms with Gasteiger partial charge in [0.2, 0.25) is 0 Å². The summed E-state index contributed by atoms with van der Waals surface area (Å²) in [5.41, 5.74) is 6.12. The van der Waals surface area contributed by atoms with Gasteiger partial charge < -0.3 is 4.42 Å². The molecule has 22 heavy (non-hydrogen) atoms. The minimum absolute atomic E-state index is 0.0568. The molecule has 1 nitrogen and oxygen atoms in total. The van der Waals surface area contributed by atoms with E-state index in [1.54, 1.807) is 0 Å². The Hall–Kier alpha value is -1.76. The van der Waals surface area contributed by atoms with Gasteiger partial charge in [0.15, 0.2) is 0 Å². The molecule has 1 heterocycles. The first kappa shape index (κ1) is 15.1. The van der Waals surface area contributed by atoms with Crippen LogP contribution < -0.4 is 0 Å². The fraction of sp³-hybridized carbons (Fsp3) is 0.429. The lowest BCUT2D eigenvalue weighted by molar-refractivity contribution is 0.559. The maximum atomic E-state index is 6.31. The SMILES string of the molecule is Cc1cccc2c1oc1c(C(C)(C)C)cc(C(C)(C)C)cc12. The summed E-state index contributed by atoms with van der Waals surface area (Å²) in [5, 5.41) is 2.47. The molecule has 0 aliphatic rings. The number of hydrogen-bond acceptors (Lipinski definition) is 1. The smallest absolute Gasteiger partial charge is 0.139 e. The molecule has 0 unspecified atom stereocenters. The third-order valence-corrected chi connectivity index (χ3v) is 4.47. The van der Waals surface area contributed by atoms with E-state index in [2.05, 4.69) is 78.8 Å². The van der Waals surface area contributed by atoms with E-state index >= 15 is 0 Å². The Bertz CT molecular complexity index is 851. The quantitative estimate of drug-likeness (QED) is 0.462. The number of para-hydroxylation sites is 1. The molecule has 0 spiro atoms. The van der Waals surface area contributed by atoms with Gasteiger partial charge in [0, 0.05) is 16.3 Å². The molecule has 2 aromatic carbocycles. The molecule has 0 amide bonds. The van der Waals surface area contributed by atoms with Gasteiger partial charge in [0.1, 0.15) is 11.2 Å². The molecule has 0 radical (unpaired) electrons. The van der Waals surface area contributed by atoms with E-state index in [0.717, 1.165) is 11.2 Å². The first-order valence-corrected chi connectivity index (χ1v) is 8.06. The maximum Gasteiger partial charge on any atom is 0.139 e. The summed E-state index contributed by atoms with van der Waals surface area (Å²) in [6.07, 6.45) is 0. The Kier molecular flexibility index (Phi) is 3.18. The van der Waals surface area contributed by atoms with Crippen LogP contribution in [0.25, 0.3) is 21.9 Å². The molecule has 116 valence electrons. The zero-order chi connectivity index (χ0) is 16.3. The fourth-order valence-corrected chi connectivity index (χ4v) is 3.03. The average Bonchev–Trinajstić information content (AvgIpc) is 2.75. The molecule has 0 N–H and O–H groups in total. The summed E-state index contributed by atoms with van der Waals surface area (Å²) in [7, 11) is 0. The monoisotopic (exact) mass is 294 g/mol. The number of aryl methyl sites for hydroxylation is 1. The van der Waals surface area contributed by atoms with Gasteiger partial charge in [-0.05, 0) is 34.9 Å². The Labute approximate surface area is 133 Å². The van der Waals surface area contributed by atoms with Crippen LogP contribution in [0.3, 0.4) is 0 Å². The van der Waals surface area contributed by atoms with Gasteiger partial charge in [-0.15, -0.1) is 0 Å². The lowest BCUT2D eigenvalue weighted by atomic mass is 9.79. The number of rotatable bonds is 0. The Balaban J connectivity index is 2.51. The second-order valence-electron chi connectivity index (χ2n) is 8.45. The zero-order valence-electron chi connectivity index (χ0n) is 14.8. The van der Waals surface area contributed by atoms with E-state index < -0.39 is 0 Å². The Morgan fingerprint density at radius 3 is 2.05 bits per heavy atom. The third-order valence-electron chi connectivity index (χ3n) is 4.47. The number of fused-ring (bicyclic) bond motifs is 3. The standard InChI is InChI=1S/C21H26O/c1-13-9-8-10-15-16-11-14(20(2,3)4)12-17(21(5,6)7)19(16)22-18(13)15/h8-12H,1-7H3. The van der Waals surface area contributed by atoms with Crippen molar-refractivity contribution in [2.75, 3.05) is 0 Å². The lowest BCUT2D eigenvalue weighted by Gasteiger charge is -2.25. The van der Waals surface area contributed by atoms with Gasteiger partial charge in [0.05, 0.1) is 0 Å². The summed E-state index contributed by atoms with van der Waals surface area (Å²) >= 11 is 0. The van der Waals surface area contributed by atoms with Crippen molar-refractivity contribution in [3.05, 3.63) is 47.0 Å². The Morgan fingerprint density at radius 1 is 0.773 bits per heavy atom. The predicted molar refractivity (Wildman–Crippen MR) is 95.9 cm³/mol. The van der Waals surface area contributed by atoms with Crippen molar-refractivity contribution >= 4 is 21.9 Å². The van der Waals surface area contributed by atoms with Crippen molar-refractivity contribution in [3.8, 4) is 0 Å². The molecule has 0 aliphatic carbocycles. The lowest BCUT2D eigenvalue weighted by Crippen LogP contribution is -2.16. The molecule has 1 aromatic heterocycles. The van der Waals surface area contributed by atoms with Crippen molar-refractivity contribution in [1.29, 1.82) is 0 Å². The normalized spacial score (nSPS) is 13.2. The Morgan fingerprint density at radius 2 is 1.45 bits per heavy atom. The van der Waals surface area contributed by atoms with Crippen LogP contribution in [0.15, 0.2) is 34.7 Å². The molecule has 0 saturated heterocycles. The van der Waals surface area contributed by atoms with Crippen LogP contribution in [0.4, 0.5) is 0 Å². The van der Waals surface area contributed by atoms with Gasteiger partial charge >= 0.3 is 0 Å². The summed E-state index contributed by atoms with van der Waals surface area (Å²) in [6, 6.07) is 11.1. The van der Waals surface area contributed by atoms with Crippen LogP contribution in [0.2, 0.25) is 0 Å². The molecule has 0 saturated carbocycles. The van der Waals surface area contributed by atoms with Crippen molar-refractivity contribution in [2.45, 2.75) is 59.3 Å². The van der Waals surface area contributed by atoms with Gasteiger partial charge in [-0.2, -0.15) is 0 Å². The molecule has 1 heteroatoms. The highest BCUT2D eigenvalue weighted by Crippen LogP contribution is 2.40. The summed E-state index contributed by atoms with van der Waals surface area (Å²) < 4.78 is 6.31. The van der Waals surface area contributed by atoms with Gasteiger partial charge in [-0.25, -0.2) is 0 Å². The molecule has 3 aromatic rings. The van der Waals surface area contributed by atoms with Gasteiger partial charge in [-0.3, -0.25) is 0 Å². The van der Waals surface area contributed by atoms with E-state index in [1.165, 1.54) is 27.5 Å². The van der Waals surface area contributed by atoms with Crippen LogP contribution in [-0.4, -0.2) is 0 Å². The summed E-state index contributed by atoms with van der Waals surface area (Å²) in [4.78, 5) is 0. The van der Waals surface area contributed by atoms with Crippen LogP contribution in [0.1, 0.15) is 58.2 Å². The highest BCUT2D eigenvalue weighted by molar-refractivity contribution is 6.07. The highest BCUT2D eigenvalue weighted by atomic mass is 16.3. The third kappa shape index (κ3) is 2.33. The minimum Gasteiger partial charge on any atom is -0.455 e. The number of benzene rings is 2. The topological polar surface area (TPSA) is 13.1 Å². The molecular formula is C21H26O. The van der Waals surface area contributed by atoms with E-state index in [-0.39, 0.29) is 10.8 Å². The van der Waals surface area contributed by atoms with E-state index in [0.29, 0.717) is 0 Å². The second kappa shape index (κ2) is 4.62. The highest BCUT2D eigenvalue weighted by Gasteiger charge is 2.25. The van der Waals surface area contributed by atoms with Crippen molar-refractivity contribution in [1.82, 2.24) is 0 Å². The predicted octanol–water partition coefficient (Wildman–Crippen LogP) is 6.49. The van der Waals surface area contributed by atoms with Crippen LogP contribution in [-0.2, 0) is 10.8 Å².